The largest absolute Gasteiger partial charge is 0.340 e. The molecule has 20 heavy (non-hydrogen) atoms. The lowest BCUT2D eigenvalue weighted by molar-refractivity contribution is -0.117. The maximum Gasteiger partial charge on any atom is 0.227 e. The van der Waals surface area contributed by atoms with Crippen LogP contribution in [0.15, 0.2) is 22.7 Å². The van der Waals surface area contributed by atoms with E-state index in [1.807, 2.05) is 6.92 Å². The molecule has 1 aliphatic rings. The van der Waals surface area contributed by atoms with Crippen molar-refractivity contribution >= 4 is 11.6 Å². The lowest BCUT2D eigenvalue weighted by Gasteiger charge is -2.17. The molecule has 0 N–H and O–H groups in total. The first-order chi connectivity index (χ1) is 9.54. The van der Waals surface area contributed by atoms with Gasteiger partial charge in [-0.05, 0) is 24.6 Å². The fraction of sp³-hybridized carbons (Fsp3) is 0.357. The van der Waals surface area contributed by atoms with Gasteiger partial charge in [-0.1, -0.05) is 11.2 Å². The third-order valence-corrected chi connectivity index (χ3v) is 3.43. The second-order valence-electron chi connectivity index (χ2n) is 5.03. The number of hydrogen-bond donors (Lipinski definition) is 0. The van der Waals surface area contributed by atoms with Gasteiger partial charge in [0.15, 0.2) is 5.82 Å². The molecule has 5 nitrogen and oxygen atoms in total. The van der Waals surface area contributed by atoms with Gasteiger partial charge < -0.3 is 9.42 Å². The number of hydrogen-bond acceptors (Lipinski definition) is 4. The highest BCUT2D eigenvalue weighted by Crippen LogP contribution is 2.32. The predicted octanol–water partition coefficient (Wildman–Crippen LogP) is 2.35. The van der Waals surface area contributed by atoms with Gasteiger partial charge in [0.2, 0.25) is 11.8 Å². The third kappa shape index (κ3) is 2.17. The van der Waals surface area contributed by atoms with Crippen molar-refractivity contribution < 1.29 is 13.7 Å². The molecule has 0 saturated carbocycles. The van der Waals surface area contributed by atoms with E-state index in [2.05, 4.69) is 10.1 Å². The Morgan fingerprint density at radius 3 is 2.85 bits per heavy atom. The number of rotatable bonds is 2. The smallest absolute Gasteiger partial charge is 0.227 e. The van der Waals surface area contributed by atoms with Crippen molar-refractivity contribution in [2.24, 2.45) is 0 Å². The molecule has 0 aliphatic carbocycles. The Morgan fingerprint density at radius 1 is 1.40 bits per heavy atom. The molecule has 2 aromatic rings. The Bertz CT molecular complexity index is 668. The minimum atomic E-state index is -0.386. The molecule has 1 saturated heterocycles. The molecule has 0 radical (unpaired) electrons. The van der Waals surface area contributed by atoms with E-state index in [0.717, 1.165) is 5.56 Å². The molecule has 1 aromatic carbocycles. The van der Waals surface area contributed by atoms with Crippen LogP contribution in [0.5, 0.6) is 0 Å². The normalized spacial score (nSPS) is 18.9. The molecule has 1 fully saturated rings. The lowest BCUT2D eigenvalue weighted by Crippen LogP contribution is -2.25. The maximum atomic E-state index is 14.0. The van der Waals surface area contributed by atoms with Gasteiger partial charge in [0.1, 0.15) is 5.82 Å². The molecule has 1 atom stereocenters. The Morgan fingerprint density at radius 2 is 2.20 bits per heavy atom. The topological polar surface area (TPSA) is 59.2 Å². The van der Waals surface area contributed by atoms with Gasteiger partial charge in [-0.2, -0.15) is 4.98 Å². The van der Waals surface area contributed by atoms with Crippen LogP contribution in [0.2, 0.25) is 0 Å². The van der Waals surface area contributed by atoms with Gasteiger partial charge in [-0.25, -0.2) is 4.39 Å². The van der Waals surface area contributed by atoms with Gasteiger partial charge in [0, 0.05) is 25.8 Å². The summed E-state index contributed by atoms with van der Waals surface area (Å²) in [5.41, 5.74) is 1.13. The van der Waals surface area contributed by atoms with Crippen molar-refractivity contribution in [2.75, 3.05) is 11.4 Å². The Kier molecular flexibility index (Phi) is 3.00. The number of nitrogens with zero attached hydrogens (tertiary/aromatic N) is 3. The molecule has 104 valence electrons. The van der Waals surface area contributed by atoms with Crippen molar-refractivity contribution in [3.63, 3.8) is 0 Å². The van der Waals surface area contributed by atoms with Crippen molar-refractivity contribution in [1.29, 1.82) is 0 Å². The van der Waals surface area contributed by atoms with Crippen molar-refractivity contribution in [3.8, 4) is 0 Å². The van der Waals surface area contributed by atoms with E-state index >= 15 is 0 Å². The average Bonchev–Trinajstić information content (AvgIpc) is 2.96. The average molecular weight is 275 g/mol. The van der Waals surface area contributed by atoms with Gasteiger partial charge in [0.05, 0.1) is 5.69 Å². The van der Waals surface area contributed by atoms with Crippen molar-refractivity contribution in [2.45, 2.75) is 26.2 Å². The second kappa shape index (κ2) is 4.70. The number of carbonyl (C=O) groups excluding carboxylic acids is 1. The molecule has 6 heteroatoms. The summed E-state index contributed by atoms with van der Waals surface area (Å²) in [6.07, 6.45) is 0.270. The molecule has 2 heterocycles. The minimum Gasteiger partial charge on any atom is -0.340 e. The van der Waals surface area contributed by atoms with E-state index in [1.54, 1.807) is 19.1 Å². The number of aryl methyl sites for hydroxylation is 2. The van der Waals surface area contributed by atoms with E-state index < -0.39 is 0 Å². The molecule has 1 aliphatic heterocycles. The molecule has 1 aromatic heterocycles. The van der Waals surface area contributed by atoms with Crippen LogP contribution in [0.4, 0.5) is 10.1 Å². The quantitative estimate of drug-likeness (QED) is 0.844. The highest BCUT2D eigenvalue weighted by Gasteiger charge is 2.35. The molecular formula is C14H14FN3O2. The third-order valence-electron chi connectivity index (χ3n) is 3.43. The Hall–Kier alpha value is -2.24. The predicted molar refractivity (Wildman–Crippen MR) is 69.9 cm³/mol. The molecule has 1 unspecified atom stereocenters. The zero-order valence-corrected chi connectivity index (χ0v) is 11.3. The van der Waals surface area contributed by atoms with E-state index in [-0.39, 0.29) is 24.1 Å². The summed E-state index contributed by atoms with van der Waals surface area (Å²) in [5.74, 6) is 0.308. The summed E-state index contributed by atoms with van der Waals surface area (Å²) < 4.78 is 18.9. The van der Waals surface area contributed by atoms with Crippen LogP contribution >= 0.6 is 0 Å². The van der Waals surface area contributed by atoms with E-state index in [4.69, 9.17) is 4.52 Å². The molecule has 3 rings (SSSR count). The zero-order valence-electron chi connectivity index (χ0n) is 11.3. The van der Waals surface area contributed by atoms with Crippen LogP contribution in [-0.4, -0.2) is 22.6 Å². The number of anilines is 1. The molecule has 0 bridgehead atoms. The SMILES string of the molecule is Cc1ccc(N2CC(c3noc(C)n3)CC2=O)c(F)c1. The standard InChI is InChI=1S/C14H14FN3O2/c1-8-3-4-12(11(15)5-8)18-7-10(6-13(18)19)14-16-9(2)20-17-14/h3-5,10H,6-7H2,1-2H3. The van der Waals surface area contributed by atoms with Crippen LogP contribution in [-0.2, 0) is 4.79 Å². The zero-order chi connectivity index (χ0) is 14.3. The highest BCUT2D eigenvalue weighted by molar-refractivity contribution is 5.96. The van der Waals surface area contributed by atoms with E-state index in [1.165, 1.54) is 11.0 Å². The summed E-state index contributed by atoms with van der Waals surface area (Å²) in [6, 6.07) is 4.85. The molecule has 1 amide bonds. The summed E-state index contributed by atoms with van der Waals surface area (Å²) in [6.45, 7) is 3.88. The van der Waals surface area contributed by atoms with Crippen LogP contribution in [0.25, 0.3) is 0 Å². The summed E-state index contributed by atoms with van der Waals surface area (Å²) in [4.78, 5) is 17.7. The first-order valence-electron chi connectivity index (χ1n) is 6.41. The summed E-state index contributed by atoms with van der Waals surface area (Å²) in [7, 11) is 0. The van der Waals surface area contributed by atoms with Gasteiger partial charge in [-0.3, -0.25) is 4.79 Å². The fourth-order valence-corrected chi connectivity index (χ4v) is 2.42. The van der Waals surface area contributed by atoms with Gasteiger partial charge >= 0.3 is 0 Å². The monoisotopic (exact) mass is 275 g/mol. The van der Waals surface area contributed by atoms with E-state index in [9.17, 15) is 9.18 Å². The molecular weight excluding hydrogens is 261 g/mol. The van der Waals surface area contributed by atoms with Crippen LogP contribution in [0.3, 0.4) is 0 Å². The molecule has 0 spiro atoms. The lowest BCUT2D eigenvalue weighted by atomic mass is 10.1. The van der Waals surface area contributed by atoms with Gasteiger partial charge in [-0.15, -0.1) is 0 Å². The van der Waals surface area contributed by atoms with Crippen LogP contribution in [0, 0.1) is 19.7 Å². The number of benzene rings is 1. The van der Waals surface area contributed by atoms with Crippen molar-refractivity contribution in [1.82, 2.24) is 10.1 Å². The number of halogens is 1. The highest BCUT2D eigenvalue weighted by atomic mass is 19.1. The van der Waals surface area contributed by atoms with Gasteiger partial charge in [0.25, 0.3) is 0 Å². The Labute approximate surface area is 115 Å². The summed E-state index contributed by atoms with van der Waals surface area (Å²) in [5, 5.41) is 3.84. The summed E-state index contributed by atoms with van der Waals surface area (Å²) >= 11 is 0. The number of aromatic nitrogens is 2. The maximum absolute atomic E-state index is 14.0. The first kappa shape index (κ1) is 12.8. The number of amides is 1. The number of carbonyl (C=O) groups is 1. The minimum absolute atomic E-state index is 0.125. The van der Waals surface area contributed by atoms with Crippen LogP contribution < -0.4 is 4.90 Å². The first-order valence-corrected chi connectivity index (χ1v) is 6.41. The Balaban J connectivity index is 1.87. The van der Waals surface area contributed by atoms with Crippen LogP contribution in [0.1, 0.15) is 29.6 Å². The second-order valence-corrected chi connectivity index (χ2v) is 5.03. The fourth-order valence-electron chi connectivity index (χ4n) is 2.42. The van der Waals surface area contributed by atoms with E-state index in [0.29, 0.717) is 23.9 Å². The van der Waals surface area contributed by atoms with Crippen molar-refractivity contribution in [3.05, 3.63) is 41.3 Å².